The van der Waals surface area contributed by atoms with Gasteiger partial charge >= 0.3 is 0 Å². The lowest BCUT2D eigenvalue weighted by atomic mass is 10.1. The summed E-state index contributed by atoms with van der Waals surface area (Å²) in [7, 11) is -2.13. The Labute approximate surface area is 102 Å². The number of nitrogens with two attached hydrogens (primary N) is 1. The predicted octanol–water partition coefficient (Wildman–Crippen LogP) is 0.444. The van der Waals surface area contributed by atoms with Crippen LogP contribution in [-0.4, -0.2) is 38.0 Å². The molecular weight excluding hydrogens is 240 g/mol. The van der Waals surface area contributed by atoms with Crippen LogP contribution in [0.25, 0.3) is 0 Å². The standard InChI is InChI=1S/C11H18N2O3S/c1-3-9-4-5-10(12)8-11(9)17(15,16)13(2)6-7-14/h4-5,8,14H,3,6-7,12H2,1-2H3. The Balaban J connectivity index is 3.27. The SMILES string of the molecule is CCc1ccc(N)cc1S(=O)(=O)N(C)CCO. The molecule has 0 aliphatic heterocycles. The number of anilines is 1. The van der Waals surface area contributed by atoms with Crippen molar-refractivity contribution in [2.75, 3.05) is 25.9 Å². The van der Waals surface area contributed by atoms with Crippen molar-refractivity contribution in [3.63, 3.8) is 0 Å². The van der Waals surface area contributed by atoms with Crippen molar-refractivity contribution in [2.45, 2.75) is 18.2 Å². The number of rotatable bonds is 5. The molecule has 0 aromatic heterocycles. The number of sulfonamides is 1. The number of nitrogens with zero attached hydrogens (tertiary/aromatic N) is 1. The van der Waals surface area contributed by atoms with Gasteiger partial charge in [0.15, 0.2) is 0 Å². The van der Waals surface area contributed by atoms with Gasteiger partial charge in [0.1, 0.15) is 0 Å². The van der Waals surface area contributed by atoms with Crippen LogP contribution in [0.5, 0.6) is 0 Å². The van der Waals surface area contributed by atoms with E-state index in [1.807, 2.05) is 6.92 Å². The molecule has 1 aromatic rings. The number of aliphatic hydroxyl groups is 1. The minimum absolute atomic E-state index is 0.0697. The van der Waals surface area contributed by atoms with Crippen molar-refractivity contribution >= 4 is 15.7 Å². The molecule has 0 atom stereocenters. The summed E-state index contributed by atoms with van der Waals surface area (Å²) in [5.74, 6) is 0. The molecule has 6 heteroatoms. The van der Waals surface area contributed by atoms with Crippen molar-refractivity contribution < 1.29 is 13.5 Å². The fraction of sp³-hybridized carbons (Fsp3) is 0.455. The smallest absolute Gasteiger partial charge is 0.243 e. The van der Waals surface area contributed by atoms with E-state index in [-0.39, 0.29) is 18.0 Å². The lowest BCUT2D eigenvalue weighted by Gasteiger charge is -2.18. The average molecular weight is 258 g/mol. The third-order valence-corrected chi connectivity index (χ3v) is 4.51. The predicted molar refractivity (Wildman–Crippen MR) is 67.1 cm³/mol. The molecule has 0 aliphatic rings. The summed E-state index contributed by atoms with van der Waals surface area (Å²) in [6, 6.07) is 4.86. The molecule has 0 fully saturated rings. The summed E-state index contributed by atoms with van der Waals surface area (Å²) in [6.45, 7) is 1.75. The van der Waals surface area contributed by atoms with E-state index in [4.69, 9.17) is 10.8 Å². The highest BCUT2D eigenvalue weighted by Gasteiger charge is 2.23. The minimum Gasteiger partial charge on any atom is -0.399 e. The van der Waals surface area contributed by atoms with E-state index >= 15 is 0 Å². The molecule has 0 unspecified atom stereocenters. The molecule has 3 N–H and O–H groups in total. The maximum atomic E-state index is 12.2. The molecule has 0 spiro atoms. The molecule has 0 amide bonds. The number of benzene rings is 1. The number of nitrogen functional groups attached to an aromatic ring is 1. The van der Waals surface area contributed by atoms with Crippen LogP contribution in [0.15, 0.2) is 23.1 Å². The van der Waals surface area contributed by atoms with Crippen LogP contribution in [0.3, 0.4) is 0 Å². The molecule has 17 heavy (non-hydrogen) atoms. The van der Waals surface area contributed by atoms with Gasteiger partial charge in [-0.25, -0.2) is 8.42 Å². The number of hydrogen-bond acceptors (Lipinski definition) is 4. The van der Waals surface area contributed by atoms with Crippen LogP contribution in [0, 0.1) is 0 Å². The normalized spacial score (nSPS) is 12.0. The lowest BCUT2D eigenvalue weighted by Crippen LogP contribution is -2.30. The first kappa shape index (κ1) is 14.0. The van der Waals surface area contributed by atoms with E-state index < -0.39 is 10.0 Å². The molecule has 5 nitrogen and oxygen atoms in total. The largest absolute Gasteiger partial charge is 0.399 e. The number of aliphatic hydroxyl groups excluding tert-OH is 1. The molecule has 0 saturated heterocycles. The van der Waals surface area contributed by atoms with E-state index in [1.54, 1.807) is 12.1 Å². The van der Waals surface area contributed by atoms with Gasteiger partial charge in [-0.05, 0) is 24.1 Å². The zero-order valence-corrected chi connectivity index (χ0v) is 10.9. The van der Waals surface area contributed by atoms with Gasteiger partial charge in [0.05, 0.1) is 11.5 Å². The molecule has 1 rings (SSSR count). The zero-order chi connectivity index (χ0) is 13.1. The summed E-state index contributed by atoms with van der Waals surface area (Å²) in [6.07, 6.45) is 0.613. The summed E-state index contributed by atoms with van der Waals surface area (Å²) in [4.78, 5) is 0.218. The molecule has 0 bridgehead atoms. The quantitative estimate of drug-likeness (QED) is 0.751. The van der Waals surface area contributed by atoms with Gasteiger partial charge < -0.3 is 10.8 Å². The Kier molecular flexibility index (Phi) is 4.50. The van der Waals surface area contributed by atoms with Gasteiger partial charge in [-0.2, -0.15) is 4.31 Å². The Morgan fingerprint density at radius 3 is 2.59 bits per heavy atom. The van der Waals surface area contributed by atoms with Gasteiger partial charge in [0, 0.05) is 19.3 Å². The monoisotopic (exact) mass is 258 g/mol. The summed E-state index contributed by atoms with van der Waals surface area (Å²) < 4.78 is 25.6. The second-order valence-electron chi connectivity index (χ2n) is 3.77. The van der Waals surface area contributed by atoms with E-state index in [0.717, 1.165) is 9.87 Å². The van der Waals surface area contributed by atoms with E-state index in [0.29, 0.717) is 12.1 Å². The Morgan fingerprint density at radius 2 is 2.06 bits per heavy atom. The van der Waals surface area contributed by atoms with Crippen LogP contribution in [0.2, 0.25) is 0 Å². The van der Waals surface area contributed by atoms with Gasteiger partial charge in [-0.15, -0.1) is 0 Å². The fourth-order valence-corrected chi connectivity index (χ4v) is 3.02. The molecule has 0 heterocycles. The zero-order valence-electron chi connectivity index (χ0n) is 10.0. The molecule has 96 valence electrons. The average Bonchev–Trinajstić information content (AvgIpc) is 2.29. The maximum Gasteiger partial charge on any atom is 0.243 e. The van der Waals surface area contributed by atoms with Crippen LogP contribution >= 0.6 is 0 Å². The first-order chi connectivity index (χ1) is 7.93. The van der Waals surface area contributed by atoms with E-state index in [9.17, 15) is 8.42 Å². The van der Waals surface area contributed by atoms with Gasteiger partial charge in [-0.1, -0.05) is 13.0 Å². The highest BCUT2D eigenvalue weighted by atomic mass is 32.2. The lowest BCUT2D eigenvalue weighted by molar-refractivity contribution is 0.266. The fourth-order valence-electron chi connectivity index (χ4n) is 1.53. The molecule has 0 radical (unpaired) electrons. The summed E-state index contributed by atoms with van der Waals surface area (Å²) in [5.41, 5.74) is 6.76. The molecule has 1 aromatic carbocycles. The topological polar surface area (TPSA) is 83.6 Å². The highest BCUT2D eigenvalue weighted by Crippen LogP contribution is 2.22. The molecular formula is C11H18N2O3S. The third kappa shape index (κ3) is 2.96. The third-order valence-electron chi connectivity index (χ3n) is 2.58. The number of hydrogen-bond donors (Lipinski definition) is 2. The number of aryl methyl sites for hydroxylation is 1. The van der Waals surface area contributed by atoms with Gasteiger partial charge in [0.2, 0.25) is 10.0 Å². The Morgan fingerprint density at radius 1 is 1.41 bits per heavy atom. The summed E-state index contributed by atoms with van der Waals surface area (Å²) in [5, 5.41) is 8.80. The van der Waals surface area contributed by atoms with Crippen molar-refractivity contribution in [2.24, 2.45) is 0 Å². The van der Waals surface area contributed by atoms with Crippen molar-refractivity contribution in [3.8, 4) is 0 Å². The molecule has 0 saturated carbocycles. The summed E-state index contributed by atoms with van der Waals surface area (Å²) >= 11 is 0. The van der Waals surface area contributed by atoms with Crippen LogP contribution in [0.1, 0.15) is 12.5 Å². The van der Waals surface area contributed by atoms with E-state index in [1.165, 1.54) is 13.1 Å². The highest BCUT2D eigenvalue weighted by molar-refractivity contribution is 7.89. The van der Waals surface area contributed by atoms with Crippen LogP contribution < -0.4 is 5.73 Å². The van der Waals surface area contributed by atoms with Gasteiger partial charge in [0.25, 0.3) is 0 Å². The minimum atomic E-state index is -3.57. The van der Waals surface area contributed by atoms with Crippen LogP contribution in [0.4, 0.5) is 5.69 Å². The van der Waals surface area contributed by atoms with Crippen LogP contribution in [-0.2, 0) is 16.4 Å². The van der Waals surface area contributed by atoms with Crippen molar-refractivity contribution in [1.82, 2.24) is 4.31 Å². The number of likely N-dealkylation sites (N-methyl/N-ethyl adjacent to an activating group) is 1. The first-order valence-corrected chi connectivity index (χ1v) is 6.83. The second-order valence-corrected chi connectivity index (χ2v) is 5.78. The molecule has 0 aliphatic carbocycles. The maximum absolute atomic E-state index is 12.2. The van der Waals surface area contributed by atoms with Crippen molar-refractivity contribution in [3.05, 3.63) is 23.8 Å². The Hall–Kier alpha value is -1.11. The van der Waals surface area contributed by atoms with Gasteiger partial charge in [-0.3, -0.25) is 0 Å². The van der Waals surface area contributed by atoms with Crippen molar-refractivity contribution in [1.29, 1.82) is 0 Å². The van der Waals surface area contributed by atoms with E-state index in [2.05, 4.69) is 0 Å². The Bertz CT molecular complexity index is 485. The second kappa shape index (κ2) is 5.48. The first-order valence-electron chi connectivity index (χ1n) is 5.39.